The van der Waals surface area contributed by atoms with E-state index in [0.717, 1.165) is 0 Å². The van der Waals surface area contributed by atoms with Gasteiger partial charge in [-0.05, 0) is 19.1 Å². The van der Waals surface area contributed by atoms with Crippen LogP contribution < -0.4 is 15.8 Å². The van der Waals surface area contributed by atoms with Crippen LogP contribution in [-0.4, -0.2) is 30.8 Å². The molecule has 0 aliphatic rings. The van der Waals surface area contributed by atoms with E-state index in [1.165, 1.54) is 0 Å². The van der Waals surface area contributed by atoms with Crippen LogP contribution in [0.2, 0.25) is 0 Å². The average Bonchev–Trinajstić information content (AvgIpc) is 2.37. The van der Waals surface area contributed by atoms with Crippen LogP contribution in [0.5, 0.6) is 5.75 Å². The molecule has 0 unspecified atom stereocenters. The first-order valence-corrected chi connectivity index (χ1v) is 6.31. The number of carbonyl (C=O) groups excluding carboxylic acids is 1. The van der Waals surface area contributed by atoms with Crippen LogP contribution in [0.3, 0.4) is 0 Å². The molecular formula is C14H22N2O3. The van der Waals surface area contributed by atoms with E-state index in [0.29, 0.717) is 30.2 Å². The number of aliphatic hydroxyl groups excluding tert-OH is 1. The number of nitrogens with two attached hydrogens (primary N) is 1. The second-order valence-electron chi connectivity index (χ2n) is 5.16. The van der Waals surface area contributed by atoms with Crippen molar-refractivity contribution in [1.29, 1.82) is 0 Å². The molecule has 5 nitrogen and oxygen atoms in total. The first-order valence-electron chi connectivity index (χ1n) is 6.31. The first-order chi connectivity index (χ1) is 8.91. The SMILES string of the molecule is CCOc1cccc(N)c1C(=O)NCC(C)(C)CO. The van der Waals surface area contributed by atoms with Crippen LogP contribution in [0.1, 0.15) is 31.1 Å². The molecular weight excluding hydrogens is 244 g/mol. The Balaban J connectivity index is 2.87. The first kappa shape index (κ1) is 15.3. The van der Waals surface area contributed by atoms with Crippen molar-refractivity contribution in [3.05, 3.63) is 23.8 Å². The third-order valence-electron chi connectivity index (χ3n) is 2.74. The maximum Gasteiger partial charge on any atom is 0.257 e. The van der Waals surface area contributed by atoms with Gasteiger partial charge in [0.05, 0.1) is 6.61 Å². The number of amides is 1. The van der Waals surface area contributed by atoms with Crippen molar-refractivity contribution < 1.29 is 14.6 Å². The Kier molecular flexibility index (Phi) is 5.18. The minimum Gasteiger partial charge on any atom is -0.493 e. The molecule has 0 bridgehead atoms. The minimum absolute atomic E-state index is 0.00410. The molecule has 1 aromatic rings. The number of hydrogen-bond donors (Lipinski definition) is 3. The van der Waals surface area contributed by atoms with E-state index in [-0.39, 0.29) is 17.9 Å². The van der Waals surface area contributed by atoms with Gasteiger partial charge in [-0.25, -0.2) is 0 Å². The number of anilines is 1. The number of carbonyl (C=O) groups is 1. The molecule has 4 N–H and O–H groups in total. The van der Waals surface area contributed by atoms with Gasteiger partial charge in [0.1, 0.15) is 11.3 Å². The van der Waals surface area contributed by atoms with E-state index in [4.69, 9.17) is 10.5 Å². The Bertz CT molecular complexity index is 444. The van der Waals surface area contributed by atoms with E-state index < -0.39 is 0 Å². The highest BCUT2D eigenvalue weighted by Crippen LogP contribution is 2.24. The highest BCUT2D eigenvalue weighted by molar-refractivity contribution is 6.01. The molecule has 0 fully saturated rings. The van der Waals surface area contributed by atoms with Crippen molar-refractivity contribution in [2.75, 3.05) is 25.5 Å². The van der Waals surface area contributed by atoms with Gasteiger partial charge in [-0.15, -0.1) is 0 Å². The molecule has 0 atom stereocenters. The number of nitrogens with one attached hydrogen (secondary N) is 1. The van der Waals surface area contributed by atoms with Gasteiger partial charge in [-0.2, -0.15) is 0 Å². The minimum atomic E-state index is -0.370. The zero-order valence-corrected chi connectivity index (χ0v) is 11.7. The van der Waals surface area contributed by atoms with E-state index in [9.17, 15) is 9.90 Å². The lowest BCUT2D eigenvalue weighted by atomic mass is 9.95. The van der Waals surface area contributed by atoms with Gasteiger partial charge >= 0.3 is 0 Å². The number of aliphatic hydroxyl groups is 1. The Morgan fingerprint density at radius 1 is 1.47 bits per heavy atom. The molecule has 106 valence electrons. The van der Waals surface area contributed by atoms with Gasteiger partial charge in [-0.1, -0.05) is 19.9 Å². The van der Waals surface area contributed by atoms with E-state index in [1.54, 1.807) is 18.2 Å². The van der Waals surface area contributed by atoms with Crippen molar-refractivity contribution in [1.82, 2.24) is 5.32 Å². The van der Waals surface area contributed by atoms with Gasteiger partial charge < -0.3 is 20.9 Å². The quantitative estimate of drug-likeness (QED) is 0.680. The van der Waals surface area contributed by atoms with Crippen molar-refractivity contribution in [3.63, 3.8) is 0 Å². The summed E-state index contributed by atoms with van der Waals surface area (Å²) in [4.78, 5) is 12.2. The Morgan fingerprint density at radius 3 is 2.74 bits per heavy atom. The molecule has 0 aliphatic heterocycles. The normalized spacial score (nSPS) is 11.2. The fourth-order valence-electron chi connectivity index (χ4n) is 1.53. The maximum atomic E-state index is 12.2. The molecule has 0 aliphatic carbocycles. The van der Waals surface area contributed by atoms with Gasteiger partial charge in [0, 0.05) is 24.3 Å². The van der Waals surface area contributed by atoms with Crippen LogP contribution in [0.15, 0.2) is 18.2 Å². The lowest BCUT2D eigenvalue weighted by molar-refractivity contribution is 0.0908. The van der Waals surface area contributed by atoms with Crippen molar-refractivity contribution >= 4 is 11.6 Å². The fraction of sp³-hybridized carbons (Fsp3) is 0.500. The molecule has 0 saturated heterocycles. The highest BCUT2D eigenvalue weighted by atomic mass is 16.5. The zero-order valence-electron chi connectivity index (χ0n) is 11.7. The number of rotatable bonds is 6. The van der Waals surface area contributed by atoms with Crippen LogP contribution >= 0.6 is 0 Å². The molecule has 1 rings (SSSR count). The molecule has 0 saturated carbocycles. The summed E-state index contributed by atoms with van der Waals surface area (Å²) >= 11 is 0. The summed E-state index contributed by atoms with van der Waals surface area (Å²) in [7, 11) is 0. The molecule has 0 aromatic heterocycles. The summed E-state index contributed by atoms with van der Waals surface area (Å²) in [5.74, 6) is 0.185. The molecule has 1 aromatic carbocycles. The van der Waals surface area contributed by atoms with Crippen LogP contribution in [0, 0.1) is 5.41 Å². The second kappa shape index (κ2) is 6.43. The van der Waals surface area contributed by atoms with E-state index >= 15 is 0 Å². The second-order valence-corrected chi connectivity index (χ2v) is 5.16. The smallest absolute Gasteiger partial charge is 0.257 e. The fourth-order valence-corrected chi connectivity index (χ4v) is 1.53. The van der Waals surface area contributed by atoms with Gasteiger partial charge in [0.2, 0.25) is 0 Å². The summed E-state index contributed by atoms with van der Waals surface area (Å²) in [6.07, 6.45) is 0. The molecule has 5 heteroatoms. The van der Waals surface area contributed by atoms with Gasteiger partial charge in [0.25, 0.3) is 5.91 Å². The third-order valence-corrected chi connectivity index (χ3v) is 2.74. The monoisotopic (exact) mass is 266 g/mol. The summed E-state index contributed by atoms with van der Waals surface area (Å²) in [5.41, 5.74) is 6.19. The zero-order chi connectivity index (χ0) is 14.5. The maximum absolute atomic E-state index is 12.2. The van der Waals surface area contributed by atoms with Crippen molar-refractivity contribution in [2.45, 2.75) is 20.8 Å². The van der Waals surface area contributed by atoms with Crippen LogP contribution in [0.4, 0.5) is 5.69 Å². The van der Waals surface area contributed by atoms with Crippen molar-refractivity contribution in [3.8, 4) is 5.75 Å². The summed E-state index contributed by atoms with van der Waals surface area (Å²) in [6, 6.07) is 5.12. The Hall–Kier alpha value is -1.75. The molecule has 0 spiro atoms. The standard InChI is InChI=1S/C14H22N2O3/c1-4-19-11-7-5-6-10(15)12(11)13(18)16-8-14(2,3)9-17/h5-7,17H,4,8-9,15H2,1-3H3,(H,16,18). The number of ether oxygens (including phenoxy) is 1. The Labute approximate surface area is 113 Å². The summed E-state index contributed by atoms with van der Waals surface area (Å²) in [5, 5.41) is 11.9. The van der Waals surface area contributed by atoms with Gasteiger partial charge in [-0.3, -0.25) is 4.79 Å². The highest BCUT2D eigenvalue weighted by Gasteiger charge is 2.21. The van der Waals surface area contributed by atoms with E-state index in [2.05, 4.69) is 5.32 Å². The molecule has 0 radical (unpaired) electrons. The topological polar surface area (TPSA) is 84.6 Å². The summed E-state index contributed by atoms with van der Waals surface area (Å²) < 4.78 is 5.41. The largest absolute Gasteiger partial charge is 0.493 e. The molecule has 1 amide bonds. The number of hydrogen-bond acceptors (Lipinski definition) is 4. The number of nitrogen functional groups attached to an aromatic ring is 1. The Morgan fingerprint density at radius 2 is 2.16 bits per heavy atom. The predicted octanol–water partition coefficient (Wildman–Crippen LogP) is 1.42. The number of benzene rings is 1. The predicted molar refractivity (Wildman–Crippen MR) is 75.2 cm³/mol. The summed E-state index contributed by atoms with van der Waals surface area (Å²) in [6.45, 7) is 6.40. The lowest BCUT2D eigenvalue weighted by Gasteiger charge is -2.22. The van der Waals surface area contributed by atoms with Crippen LogP contribution in [-0.2, 0) is 0 Å². The van der Waals surface area contributed by atoms with Crippen LogP contribution in [0.25, 0.3) is 0 Å². The third kappa shape index (κ3) is 4.13. The van der Waals surface area contributed by atoms with Gasteiger partial charge in [0.15, 0.2) is 0 Å². The lowest BCUT2D eigenvalue weighted by Crippen LogP contribution is -2.36. The molecule has 19 heavy (non-hydrogen) atoms. The molecule has 0 heterocycles. The average molecular weight is 266 g/mol. The van der Waals surface area contributed by atoms with E-state index in [1.807, 2.05) is 20.8 Å². The van der Waals surface area contributed by atoms with Crippen molar-refractivity contribution in [2.24, 2.45) is 5.41 Å².